The number of thiazole rings is 1. The predicted molar refractivity (Wildman–Crippen MR) is 52.4 cm³/mol. The highest BCUT2D eigenvalue weighted by atomic mass is 32.1. The Hall–Kier alpha value is -1.60. The highest BCUT2D eigenvalue weighted by Crippen LogP contribution is 2.30. The molecular weight excluding hydrogens is 184 g/mol. The molecule has 2 rings (SSSR count). The Kier molecular flexibility index (Phi) is 1.87. The van der Waals surface area contributed by atoms with Gasteiger partial charge in [-0.15, -0.1) is 16.3 Å². The van der Waals surface area contributed by atoms with E-state index in [4.69, 9.17) is 11.3 Å². The fourth-order valence-electron chi connectivity index (χ4n) is 1.07. The van der Waals surface area contributed by atoms with Crippen molar-refractivity contribution in [1.82, 2.24) is 4.98 Å². The van der Waals surface area contributed by atoms with Crippen LogP contribution in [0.15, 0.2) is 18.2 Å². The minimum atomic E-state index is 0.475. The molecule has 0 fully saturated rings. The van der Waals surface area contributed by atoms with Crippen molar-refractivity contribution in [1.29, 1.82) is 0 Å². The Morgan fingerprint density at radius 2 is 2.38 bits per heavy atom. The largest absolute Gasteiger partial charge is 0.497 e. The third kappa shape index (κ3) is 1.34. The van der Waals surface area contributed by atoms with E-state index in [0.29, 0.717) is 5.13 Å². The van der Waals surface area contributed by atoms with Gasteiger partial charge in [-0.05, 0) is 12.1 Å². The Balaban J connectivity index is 2.65. The molecule has 0 radical (unpaired) electrons. The van der Waals surface area contributed by atoms with Crippen LogP contribution in [0.25, 0.3) is 15.1 Å². The highest BCUT2D eigenvalue weighted by molar-refractivity contribution is 7.22. The second kappa shape index (κ2) is 3.04. The molecule has 64 valence electrons. The summed E-state index contributed by atoms with van der Waals surface area (Å²) in [6.07, 6.45) is 0. The van der Waals surface area contributed by atoms with E-state index in [2.05, 4.69) is 9.83 Å². The van der Waals surface area contributed by atoms with Crippen molar-refractivity contribution < 1.29 is 4.74 Å². The van der Waals surface area contributed by atoms with Crippen LogP contribution < -0.4 is 4.74 Å². The normalized spacial score (nSPS) is 9.85. The Morgan fingerprint density at radius 3 is 3.08 bits per heavy atom. The monoisotopic (exact) mass is 190 g/mol. The number of methoxy groups -OCH3 is 1. The fourth-order valence-corrected chi connectivity index (χ4v) is 1.85. The van der Waals surface area contributed by atoms with E-state index in [1.54, 1.807) is 7.11 Å². The van der Waals surface area contributed by atoms with Crippen LogP contribution >= 0.6 is 11.3 Å². The minimum Gasteiger partial charge on any atom is -0.497 e. The van der Waals surface area contributed by atoms with E-state index in [0.717, 1.165) is 16.0 Å². The van der Waals surface area contributed by atoms with Gasteiger partial charge in [-0.3, -0.25) is 0 Å². The van der Waals surface area contributed by atoms with E-state index in [1.165, 1.54) is 11.3 Å². The van der Waals surface area contributed by atoms with E-state index >= 15 is 0 Å². The average Bonchev–Trinajstić information content (AvgIpc) is 2.58. The van der Waals surface area contributed by atoms with Gasteiger partial charge in [-0.2, -0.15) is 0 Å². The molecule has 0 unspecified atom stereocenters. The smallest absolute Gasteiger partial charge is 0.330 e. The maximum absolute atomic E-state index is 6.82. The molecule has 0 saturated carbocycles. The zero-order valence-corrected chi connectivity index (χ0v) is 7.76. The van der Waals surface area contributed by atoms with Crippen molar-refractivity contribution in [3.05, 3.63) is 29.6 Å². The molecule has 0 amide bonds. The summed E-state index contributed by atoms with van der Waals surface area (Å²) < 4.78 is 6.06. The Morgan fingerprint density at radius 1 is 1.54 bits per heavy atom. The van der Waals surface area contributed by atoms with Gasteiger partial charge in [0, 0.05) is 6.07 Å². The molecule has 3 nitrogen and oxygen atoms in total. The summed E-state index contributed by atoms with van der Waals surface area (Å²) in [6.45, 7) is 6.82. The Labute approximate surface area is 79.4 Å². The van der Waals surface area contributed by atoms with Gasteiger partial charge in [0.25, 0.3) is 0 Å². The number of aromatic nitrogens is 1. The molecule has 13 heavy (non-hydrogen) atoms. The quantitative estimate of drug-likeness (QED) is 0.646. The lowest BCUT2D eigenvalue weighted by Crippen LogP contribution is -1.80. The minimum absolute atomic E-state index is 0.475. The topological polar surface area (TPSA) is 26.5 Å². The third-order valence-corrected chi connectivity index (χ3v) is 2.59. The van der Waals surface area contributed by atoms with Crippen LogP contribution in [0, 0.1) is 6.57 Å². The van der Waals surface area contributed by atoms with Crippen molar-refractivity contribution in [2.45, 2.75) is 0 Å². The first kappa shape index (κ1) is 8.02. The van der Waals surface area contributed by atoms with Gasteiger partial charge in [-0.1, -0.05) is 6.57 Å². The van der Waals surface area contributed by atoms with E-state index in [9.17, 15) is 0 Å². The highest BCUT2D eigenvalue weighted by Gasteiger charge is 2.05. The third-order valence-electron chi connectivity index (χ3n) is 1.68. The summed E-state index contributed by atoms with van der Waals surface area (Å²) in [5, 5.41) is 0.475. The van der Waals surface area contributed by atoms with Crippen molar-refractivity contribution in [2.24, 2.45) is 0 Å². The first-order valence-electron chi connectivity index (χ1n) is 3.65. The van der Waals surface area contributed by atoms with Crippen molar-refractivity contribution in [3.63, 3.8) is 0 Å². The van der Waals surface area contributed by atoms with Crippen LogP contribution in [-0.2, 0) is 0 Å². The molecule has 0 spiro atoms. The van der Waals surface area contributed by atoms with Crippen LogP contribution in [0.2, 0.25) is 0 Å². The van der Waals surface area contributed by atoms with Gasteiger partial charge in [-0.25, -0.2) is 0 Å². The number of rotatable bonds is 1. The molecule has 0 aliphatic rings. The summed E-state index contributed by atoms with van der Waals surface area (Å²) in [7, 11) is 1.62. The molecule has 1 aromatic heterocycles. The number of hydrogen-bond acceptors (Lipinski definition) is 3. The van der Waals surface area contributed by atoms with Crippen molar-refractivity contribution in [3.8, 4) is 5.75 Å². The standard InChI is InChI=1S/C9H6N2OS/c1-10-9-11-7-4-3-6(12-2)5-8(7)13-9/h3-5H,2H3. The Bertz CT molecular complexity index is 484. The second-order valence-electron chi connectivity index (χ2n) is 2.44. The summed E-state index contributed by atoms with van der Waals surface area (Å²) in [5.74, 6) is 0.799. The lowest BCUT2D eigenvalue weighted by molar-refractivity contribution is 0.415. The van der Waals surface area contributed by atoms with Crippen LogP contribution in [0.4, 0.5) is 5.13 Å². The van der Waals surface area contributed by atoms with Gasteiger partial charge >= 0.3 is 5.13 Å². The van der Waals surface area contributed by atoms with E-state index in [-0.39, 0.29) is 0 Å². The first-order chi connectivity index (χ1) is 6.33. The molecule has 0 bridgehead atoms. The molecule has 0 aliphatic carbocycles. The predicted octanol–water partition coefficient (Wildman–Crippen LogP) is 2.86. The van der Waals surface area contributed by atoms with Gasteiger partial charge in [0.15, 0.2) is 5.52 Å². The van der Waals surface area contributed by atoms with Gasteiger partial charge in [0.2, 0.25) is 0 Å². The molecule has 1 aromatic carbocycles. The number of ether oxygens (including phenoxy) is 1. The van der Waals surface area contributed by atoms with Gasteiger partial charge < -0.3 is 9.58 Å². The van der Waals surface area contributed by atoms with Gasteiger partial charge in [0.1, 0.15) is 5.75 Å². The van der Waals surface area contributed by atoms with Crippen molar-refractivity contribution >= 4 is 26.7 Å². The van der Waals surface area contributed by atoms with Crippen LogP contribution in [-0.4, -0.2) is 12.1 Å². The van der Waals surface area contributed by atoms with Gasteiger partial charge in [0.05, 0.1) is 11.8 Å². The average molecular weight is 190 g/mol. The first-order valence-corrected chi connectivity index (χ1v) is 4.47. The maximum Gasteiger partial charge on any atom is 0.330 e. The van der Waals surface area contributed by atoms with E-state index in [1.807, 2.05) is 18.2 Å². The zero-order valence-electron chi connectivity index (χ0n) is 6.94. The molecule has 0 atom stereocenters. The van der Waals surface area contributed by atoms with Crippen LogP contribution in [0.5, 0.6) is 5.75 Å². The number of hydrogen-bond donors (Lipinski definition) is 0. The molecule has 0 saturated heterocycles. The van der Waals surface area contributed by atoms with E-state index < -0.39 is 0 Å². The number of nitrogens with zero attached hydrogens (tertiary/aromatic N) is 2. The van der Waals surface area contributed by atoms with Crippen LogP contribution in [0.3, 0.4) is 0 Å². The lowest BCUT2D eigenvalue weighted by atomic mass is 10.3. The molecule has 4 heteroatoms. The molecular formula is C9H6N2OS. The number of benzene rings is 1. The molecule has 1 heterocycles. The van der Waals surface area contributed by atoms with Crippen molar-refractivity contribution in [2.75, 3.05) is 7.11 Å². The zero-order chi connectivity index (χ0) is 9.26. The van der Waals surface area contributed by atoms with Crippen LogP contribution in [0.1, 0.15) is 0 Å². The summed E-state index contributed by atoms with van der Waals surface area (Å²) >= 11 is 1.38. The summed E-state index contributed by atoms with van der Waals surface area (Å²) in [6, 6.07) is 5.59. The summed E-state index contributed by atoms with van der Waals surface area (Å²) in [4.78, 5) is 7.40. The SMILES string of the molecule is [C-]#[N+]c1nc2ccc(OC)cc2s1. The lowest BCUT2D eigenvalue weighted by Gasteiger charge is -1.95. The molecule has 2 aromatic rings. The fraction of sp³-hybridized carbons (Fsp3) is 0.111. The molecule has 0 aliphatic heterocycles. The summed E-state index contributed by atoms with van der Waals surface area (Å²) in [5.41, 5.74) is 0.858. The maximum atomic E-state index is 6.82. The number of fused-ring (bicyclic) bond motifs is 1. The molecule has 0 N–H and O–H groups in total. The second-order valence-corrected chi connectivity index (χ2v) is 3.45.